The van der Waals surface area contributed by atoms with Gasteiger partial charge in [0.25, 0.3) is 0 Å². The van der Waals surface area contributed by atoms with Crippen LogP contribution in [0.3, 0.4) is 0 Å². The van der Waals surface area contributed by atoms with E-state index in [0.717, 1.165) is 6.42 Å². The maximum atomic E-state index is 8.94. The summed E-state index contributed by atoms with van der Waals surface area (Å²) >= 11 is 0. The third-order valence-corrected chi connectivity index (χ3v) is 0.901. The van der Waals surface area contributed by atoms with Crippen LogP contribution in [0.15, 0.2) is 12.2 Å². The van der Waals surface area contributed by atoms with Crippen LogP contribution in [0, 0.1) is 0 Å². The number of hydrogen-bond donors (Lipinski definition) is 1. The Bertz CT molecular complexity index is 88.9. The van der Waals surface area contributed by atoms with Crippen molar-refractivity contribution in [2.45, 2.75) is 26.6 Å². The van der Waals surface area contributed by atoms with Gasteiger partial charge in [-0.15, -0.1) is 0 Å². The molecule has 0 aromatic carbocycles. The van der Waals surface area contributed by atoms with Gasteiger partial charge in [0.1, 0.15) is 0 Å². The van der Waals surface area contributed by atoms with Crippen molar-refractivity contribution in [2.24, 2.45) is 0 Å². The van der Waals surface area contributed by atoms with Crippen molar-refractivity contribution in [3.63, 3.8) is 0 Å². The van der Waals surface area contributed by atoms with E-state index in [2.05, 4.69) is 6.58 Å². The van der Waals surface area contributed by atoms with Gasteiger partial charge in [0.05, 0.1) is 0 Å². The molecule has 0 aliphatic heterocycles. The van der Waals surface area contributed by atoms with Gasteiger partial charge in [-0.05, 0) is 18.9 Å². The molecule has 0 spiro atoms. The van der Waals surface area contributed by atoms with Crippen LogP contribution >= 0.6 is 0 Å². The lowest BCUT2D eigenvalue weighted by molar-refractivity contribution is -0.0714. The van der Waals surface area contributed by atoms with Crippen LogP contribution in [-0.2, 0) is 4.74 Å². The minimum absolute atomic E-state index is 0.591. The van der Waals surface area contributed by atoms with E-state index in [1.165, 1.54) is 0 Å². The topological polar surface area (TPSA) is 29.5 Å². The largest absolute Gasteiger partial charge is 0.364 e. The molecule has 54 valence electrons. The number of rotatable bonds is 4. The summed E-state index contributed by atoms with van der Waals surface area (Å²) in [6, 6.07) is 0. The average molecular weight is 130 g/mol. The number of aliphatic hydroxyl groups excluding tert-OH is 1. The molecule has 0 aromatic heterocycles. The summed E-state index contributed by atoms with van der Waals surface area (Å²) in [5, 5.41) is 8.94. The van der Waals surface area contributed by atoms with Gasteiger partial charge < -0.3 is 9.84 Å². The van der Waals surface area contributed by atoms with Crippen LogP contribution < -0.4 is 0 Å². The number of hydrogen-bond acceptors (Lipinski definition) is 2. The number of aliphatic hydroxyl groups is 1. The van der Waals surface area contributed by atoms with Gasteiger partial charge in [0.15, 0.2) is 6.29 Å². The van der Waals surface area contributed by atoms with E-state index in [0.29, 0.717) is 12.2 Å². The van der Waals surface area contributed by atoms with Crippen molar-refractivity contribution < 1.29 is 9.84 Å². The first-order valence-electron chi connectivity index (χ1n) is 3.13. The maximum absolute atomic E-state index is 8.94. The fourth-order valence-electron chi connectivity index (χ4n) is 0.372. The summed E-state index contributed by atoms with van der Waals surface area (Å²) in [4.78, 5) is 0. The summed E-state index contributed by atoms with van der Waals surface area (Å²) in [5.41, 5.74) is 0.656. The van der Waals surface area contributed by atoms with Gasteiger partial charge in [-0.1, -0.05) is 13.5 Å². The Kier molecular flexibility index (Phi) is 4.36. The Morgan fingerprint density at radius 1 is 1.78 bits per heavy atom. The quantitative estimate of drug-likeness (QED) is 0.459. The highest BCUT2D eigenvalue weighted by atomic mass is 16.6. The van der Waals surface area contributed by atoms with Crippen LogP contribution in [0.4, 0.5) is 0 Å². The van der Waals surface area contributed by atoms with Gasteiger partial charge in [0.2, 0.25) is 0 Å². The Labute approximate surface area is 56.1 Å². The molecule has 9 heavy (non-hydrogen) atoms. The van der Waals surface area contributed by atoms with Crippen LogP contribution in [-0.4, -0.2) is 18.0 Å². The van der Waals surface area contributed by atoms with Gasteiger partial charge in [-0.25, -0.2) is 0 Å². The lowest BCUT2D eigenvalue weighted by atomic mass is 10.3. The molecular weight excluding hydrogens is 116 g/mol. The Morgan fingerprint density at radius 3 is 2.67 bits per heavy atom. The van der Waals surface area contributed by atoms with Crippen molar-refractivity contribution in [1.29, 1.82) is 0 Å². The summed E-state index contributed by atoms with van der Waals surface area (Å²) in [6.45, 7) is 7.85. The first-order valence-corrected chi connectivity index (χ1v) is 3.13. The Morgan fingerprint density at radius 2 is 2.33 bits per heavy atom. The molecule has 0 heterocycles. The molecular formula is C7H14O2. The third kappa shape index (κ3) is 4.18. The van der Waals surface area contributed by atoms with Gasteiger partial charge >= 0.3 is 0 Å². The Hall–Kier alpha value is -0.340. The molecule has 1 unspecified atom stereocenters. The van der Waals surface area contributed by atoms with Crippen molar-refractivity contribution >= 4 is 0 Å². The molecule has 0 fully saturated rings. The van der Waals surface area contributed by atoms with E-state index in [9.17, 15) is 0 Å². The lowest BCUT2D eigenvalue weighted by Crippen LogP contribution is -2.12. The molecule has 0 bridgehead atoms. The highest BCUT2D eigenvalue weighted by molar-refractivity contribution is 4.91. The van der Waals surface area contributed by atoms with Crippen LogP contribution in [0.5, 0.6) is 0 Å². The van der Waals surface area contributed by atoms with E-state index in [1.807, 2.05) is 6.92 Å². The smallest absolute Gasteiger partial charge is 0.176 e. The normalized spacial score (nSPS) is 13.2. The second-order valence-electron chi connectivity index (χ2n) is 2.07. The fourth-order valence-corrected chi connectivity index (χ4v) is 0.372. The van der Waals surface area contributed by atoms with Gasteiger partial charge in [-0.3, -0.25) is 0 Å². The van der Waals surface area contributed by atoms with E-state index < -0.39 is 6.29 Å². The van der Waals surface area contributed by atoms with Gasteiger partial charge in [0, 0.05) is 6.61 Å². The van der Waals surface area contributed by atoms with Crippen molar-refractivity contribution in [3.05, 3.63) is 12.2 Å². The second kappa shape index (κ2) is 4.53. The Balaban J connectivity index is 3.27. The van der Waals surface area contributed by atoms with Crippen LogP contribution in [0.1, 0.15) is 20.3 Å². The van der Waals surface area contributed by atoms with Crippen molar-refractivity contribution in [3.8, 4) is 0 Å². The minimum Gasteiger partial charge on any atom is -0.364 e. The van der Waals surface area contributed by atoms with Crippen LogP contribution in [0.2, 0.25) is 0 Å². The minimum atomic E-state index is -0.773. The zero-order valence-corrected chi connectivity index (χ0v) is 6.05. The van der Waals surface area contributed by atoms with E-state index in [4.69, 9.17) is 9.84 Å². The van der Waals surface area contributed by atoms with Crippen molar-refractivity contribution in [2.75, 3.05) is 6.61 Å². The maximum Gasteiger partial charge on any atom is 0.176 e. The fraction of sp³-hybridized carbons (Fsp3) is 0.714. The zero-order chi connectivity index (χ0) is 7.28. The lowest BCUT2D eigenvalue weighted by Gasteiger charge is -2.09. The predicted molar refractivity (Wildman–Crippen MR) is 37.1 cm³/mol. The summed E-state index contributed by atoms with van der Waals surface area (Å²) in [7, 11) is 0. The summed E-state index contributed by atoms with van der Waals surface area (Å²) in [6.07, 6.45) is 0.148. The standard InChI is InChI=1S/C7H14O2/c1-4-5-9-7(8)6(2)3/h7-8H,2,4-5H2,1,3H3. The molecule has 1 N–H and O–H groups in total. The average Bonchev–Trinajstić information content (AvgIpc) is 1.82. The molecule has 0 saturated carbocycles. The molecule has 0 radical (unpaired) electrons. The van der Waals surface area contributed by atoms with E-state index >= 15 is 0 Å². The molecule has 0 saturated heterocycles. The molecule has 0 rings (SSSR count). The third-order valence-electron chi connectivity index (χ3n) is 0.901. The van der Waals surface area contributed by atoms with Gasteiger partial charge in [-0.2, -0.15) is 0 Å². The van der Waals surface area contributed by atoms with Crippen molar-refractivity contribution in [1.82, 2.24) is 0 Å². The molecule has 0 amide bonds. The monoisotopic (exact) mass is 130 g/mol. The van der Waals surface area contributed by atoms with E-state index in [1.54, 1.807) is 6.92 Å². The predicted octanol–water partition coefficient (Wildman–Crippen LogP) is 1.31. The summed E-state index contributed by atoms with van der Waals surface area (Å²) < 4.78 is 4.91. The molecule has 2 heteroatoms. The SMILES string of the molecule is C=C(C)C(O)OCCC. The summed E-state index contributed by atoms with van der Waals surface area (Å²) in [5.74, 6) is 0. The molecule has 0 aliphatic carbocycles. The highest BCUT2D eigenvalue weighted by Gasteiger charge is 2.00. The highest BCUT2D eigenvalue weighted by Crippen LogP contribution is 1.98. The molecule has 2 nitrogen and oxygen atoms in total. The first kappa shape index (κ1) is 8.66. The van der Waals surface area contributed by atoms with E-state index in [-0.39, 0.29) is 0 Å². The number of ether oxygens (including phenoxy) is 1. The second-order valence-corrected chi connectivity index (χ2v) is 2.07. The molecule has 0 aromatic rings. The molecule has 1 atom stereocenters. The zero-order valence-electron chi connectivity index (χ0n) is 6.05. The molecule has 0 aliphatic rings. The first-order chi connectivity index (χ1) is 4.18. The van der Waals surface area contributed by atoms with Crippen LogP contribution in [0.25, 0.3) is 0 Å².